The molecule has 50 heavy (non-hydrogen) atoms. The van der Waals surface area contributed by atoms with Crippen molar-refractivity contribution >= 4 is 78.6 Å². The van der Waals surface area contributed by atoms with Gasteiger partial charge < -0.3 is 14.9 Å². The van der Waals surface area contributed by atoms with Gasteiger partial charge in [0.1, 0.15) is 23.4 Å². The number of aliphatic hydroxyl groups is 1. The molecule has 0 spiro atoms. The number of anilines is 1. The number of aliphatic hydroxyl groups excluding tert-OH is 1. The first kappa shape index (κ1) is 32.5. The molecule has 1 fully saturated rings. The summed E-state index contributed by atoms with van der Waals surface area (Å²) in [5, 5.41) is 18.6. The van der Waals surface area contributed by atoms with Crippen molar-refractivity contribution in [1.82, 2.24) is 9.80 Å². The molecule has 0 bridgehead atoms. The minimum atomic E-state index is -1.27. The number of carbonyl (C=O) groups is 2. The van der Waals surface area contributed by atoms with Gasteiger partial charge in [-0.15, -0.1) is 0 Å². The van der Waals surface area contributed by atoms with E-state index in [9.17, 15) is 14.7 Å². The number of aromatic nitrogens is 1. The van der Waals surface area contributed by atoms with Crippen molar-refractivity contribution in [1.29, 1.82) is 0 Å². The van der Waals surface area contributed by atoms with Gasteiger partial charge in [-0.1, -0.05) is 89.8 Å². The molecule has 1 aromatic heterocycles. The lowest BCUT2D eigenvalue weighted by molar-refractivity contribution is -0.664. The topological polar surface area (TPSA) is 68.0 Å². The van der Waals surface area contributed by atoms with Crippen molar-refractivity contribution in [2.45, 2.75) is 44.4 Å². The van der Waals surface area contributed by atoms with Gasteiger partial charge in [0.2, 0.25) is 11.4 Å². The average molecular weight is 700 g/mol. The van der Waals surface area contributed by atoms with Crippen LogP contribution in [0.25, 0.3) is 37.8 Å². The van der Waals surface area contributed by atoms with Gasteiger partial charge >= 0.3 is 6.03 Å². The van der Waals surface area contributed by atoms with E-state index < -0.39 is 18.2 Å². The molecule has 2 aliphatic heterocycles. The Morgan fingerprint density at radius 3 is 2.36 bits per heavy atom. The summed E-state index contributed by atoms with van der Waals surface area (Å²) in [5.41, 5.74) is 5.28. The van der Waals surface area contributed by atoms with Gasteiger partial charge in [-0.3, -0.25) is 9.69 Å². The normalized spacial score (nSPS) is 21.5. The molecule has 1 saturated heterocycles. The van der Waals surface area contributed by atoms with Crippen LogP contribution < -0.4 is 9.47 Å². The lowest BCUT2D eigenvalue weighted by Crippen LogP contribution is -2.59. The first-order valence-electron chi connectivity index (χ1n) is 17.2. The number of nitrogens with zero attached hydrogens (tertiary/aromatic N) is 4. The largest absolute Gasteiger partial charge is 0.372 e. The quantitative estimate of drug-likeness (QED) is 0.180. The molecule has 0 radical (unpaired) electrons. The number of benzene rings is 4. The molecule has 252 valence electrons. The SMILES string of the molecule is CCN1C(=CC=C2CCC(C=Cc3sc4ccc5ccccc5c4[n+]3CC)=C2C2C(=O)N(C)C(=O)N(C)C2O)Sc2ccc3ccccc3c21. The molecule has 8 rings (SSSR count). The van der Waals surface area contributed by atoms with Crippen molar-refractivity contribution in [2.24, 2.45) is 5.92 Å². The number of aryl methyl sites for hydroxylation is 1. The maximum absolute atomic E-state index is 13.8. The molecule has 1 N–H and O–H groups in total. The molecule has 1 aliphatic carbocycles. The van der Waals surface area contributed by atoms with Crippen LogP contribution in [0.3, 0.4) is 0 Å². The number of urea groups is 1. The number of thiazole rings is 1. The Morgan fingerprint density at radius 1 is 0.880 bits per heavy atom. The molecule has 9 heteroatoms. The molecule has 4 aromatic carbocycles. The van der Waals surface area contributed by atoms with E-state index in [2.05, 4.69) is 120 Å². The van der Waals surface area contributed by atoms with E-state index in [1.165, 1.54) is 54.3 Å². The summed E-state index contributed by atoms with van der Waals surface area (Å²) in [4.78, 5) is 32.6. The predicted molar refractivity (Wildman–Crippen MR) is 205 cm³/mol. The van der Waals surface area contributed by atoms with E-state index >= 15 is 0 Å². The van der Waals surface area contributed by atoms with Crippen LogP contribution in [0.4, 0.5) is 10.5 Å². The number of hydrogen-bond acceptors (Lipinski definition) is 6. The second-order valence-electron chi connectivity index (χ2n) is 12.9. The Labute approximate surface area is 300 Å². The van der Waals surface area contributed by atoms with Crippen LogP contribution in [-0.4, -0.2) is 53.7 Å². The zero-order valence-corrected chi connectivity index (χ0v) is 30.2. The first-order chi connectivity index (χ1) is 24.3. The second kappa shape index (κ2) is 12.9. The number of hydrogen-bond donors (Lipinski definition) is 1. The first-order valence-corrected chi connectivity index (χ1v) is 18.8. The molecule has 3 amide bonds. The van der Waals surface area contributed by atoms with Gasteiger partial charge in [0.25, 0.3) is 5.01 Å². The highest BCUT2D eigenvalue weighted by atomic mass is 32.2. The summed E-state index contributed by atoms with van der Waals surface area (Å²) in [5.74, 6) is -1.28. The highest BCUT2D eigenvalue weighted by Crippen LogP contribution is 2.50. The Morgan fingerprint density at radius 2 is 1.60 bits per heavy atom. The van der Waals surface area contributed by atoms with Crippen LogP contribution in [0.5, 0.6) is 0 Å². The highest BCUT2D eigenvalue weighted by Gasteiger charge is 2.46. The molecule has 2 atom stereocenters. The van der Waals surface area contributed by atoms with Gasteiger partial charge in [-0.05, 0) is 78.5 Å². The standard InChI is InChI=1S/C41H39N4O3S2/c1-5-44-33(49-31-21-17-25-11-7-9-13-29(25)37(31)44)23-19-27-15-16-28(35(27)36-39(46)42(3)41(48)43(4)40(36)47)20-24-34-45(6-2)38-30-14-10-8-12-26(30)18-22-32(38)50-34/h7-14,17-24,36,39,46H,5-6,15-16H2,1-4H3/q+1. The molecular formula is C41H39N4O3S2+. The van der Waals surface area contributed by atoms with Gasteiger partial charge in [-0.2, -0.15) is 4.57 Å². The van der Waals surface area contributed by atoms with Crippen LogP contribution in [0.1, 0.15) is 31.7 Å². The van der Waals surface area contributed by atoms with Crippen molar-refractivity contribution in [3.05, 3.63) is 118 Å². The van der Waals surface area contributed by atoms with E-state index in [1.54, 1.807) is 30.1 Å². The molecular weight excluding hydrogens is 661 g/mol. The maximum atomic E-state index is 13.8. The van der Waals surface area contributed by atoms with Crippen molar-refractivity contribution in [2.75, 3.05) is 25.5 Å². The second-order valence-corrected chi connectivity index (χ2v) is 15.1. The molecule has 0 saturated carbocycles. The Kier molecular flexibility index (Phi) is 8.37. The van der Waals surface area contributed by atoms with Gasteiger partial charge in [0, 0.05) is 37.0 Å². The number of thioether (sulfide) groups is 1. The van der Waals surface area contributed by atoms with Crippen molar-refractivity contribution in [3.63, 3.8) is 0 Å². The number of rotatable bonds is 6. The number of allylic oxidation sites excluding steroid dienone is 5. The average Bonchev–Trinajstić information content (AvgIpc) is 3.84. The lowest BCUT2D eigenvalue weighted by atomic mass is 9.87. The van der Waals surface area contributed by atoms with Crippen LogP contribution in [-0.2, 0) is 11.3 Å². The summed E-state index contributed by atoms with van der Waals surface area (Å²) in [7, 11) is 3.05. The summed E-state index contributed by atoms with van der Waals surface area (Å²) in [6.45, 7) is 5.97. The summed E-state index contributed by atoms with van der Waals surface area (Å²) < 4.78 is 3.58. The monoisotopic (exact) mass is 699 g/mol. The Balaban J connectivity index is 1.23. The zero-order chi connectivity index (χ0) is 34.7. The van der Waals surface area contributed by atoms with Crippen LogP contribution in [0.15, 0.2) is 118 Å². The fourth-order valence-electron chi connectivity index (χ4n) is 7.73. The number of imide groups is 1. The maximum Gasteiger partial charge on any atom is 0.328 e. The Bertz CT molecular complexity index is 2350. The van der Waals surface area contributed by atoms with Gasteiger partial charge in [-0.25, -0.2) is 4.79 Å². The smallest absolute Gasteiger partial charge is 0.328 e. The van der Waals surface area contributed by atoms with Gasteiger partial charge in [0.15, 0.2) is 0 Å². The van der Waals surface area contributed by atoms with Crippen molar-refractivity contribution in [3.8, 4) is 0 Å². The van der Waals surface area contributed by atoms with Crippen LogP contribution >= 0.6 is 23.1 Å². The molecule has 5 aromatic rings. The fraction of sp³-hybridized carbons (Fsp3) is 0.244. The third-order valence-electron chi connectivity index (χ3n) is 10.3. The number of amides is 3. The van der Waals surface area contributed by atoms with E-state index in [4.69, 9.17) is 0 Å². The third kappa shape index (κ3) is 5.18. The minimum absolute atomic E-state index is 0.386. The zero-order valence-electron chi connectivity index (χ0n) is 28.6. The van der Waals surface area contributed by atoms with E-state index in [1.807, 2.05) is 0 Å². The number of fused-ring (bicyclic) bond motifs is 6. The molecule has 7 nitrogen and oxygen atoms in total. The van der Waals surface area contributed by atoms with E-state index in [0.29, 0.717) is 0 Å². The Hall–Kier alpha value is -4.70. The molecule has 3 aliphatic rings. The predicted octanol–water partition coefficient (Wildman–Crippen LogP) is 8.48. The van der Waals surface area contributed by atoms with Crippen molar-refractivity contribution < 1.29 is 19.3 Å². The molecule has 2 unspecified atom stereocenters. The fourth-order valence-corrected chi connectivity index (χ4v) is 10.0. The third-order valence-corrected chi connectivity index (χ3v) is 12.5. The minimum Gasteiger partial charge on any atom is -0.372 e. The summed E-state index contributed by atoms with van der Waals surface area (Å²) in [6.07, 6.45) is 8.77. The number of carbonyl (C=O) groups excluding carboxylic acids is 2. The van der Waals surface area contributed by atoms with Crippen LogP contribution in [0.2, 0.25) is 0 Å². The summed E-state index contributed by atoms with van der Waals surface area (Å²) >= 11 is 3.51. The van der Waals surface area contributed by atoms with Crippen LogP contribution in [0, 0.1) is 5.92 Å². The lowest BCUT2D eigenvalue weighted by Gasteiger charge is -2.40. The van der Waals surface area contributed by atoms with Gasteiger partial charge in [0.05, 0.1) is 16.1 Å². The highest BCUT2D eigenvalue weighted by molar-refractivity contribution is 8.03. The molecule has 3 heterocycles. The summed E-state index contributed by atoms with van der Waals surface area (Å²) in [6, 6.07) is 25.2. The van der Waals surface area contributed by atoms with E-state index in [0.717, 1.165) is 57.6 Å². The van der Waals surface area contributed by atoms with E-state index in [-0.39, 0.29) is 5.91 Å².